The van der Waals surface area contributed by atoms with Crippen molar-refractivity contribution in [2.45, 2.75) is 71.1 Å². The summed E-state index contributed by atoms with van der Waals surface area (Å²) in [6.07, 6.45) is 0. The standard InChI is InChI=1S/C22H28Br2O3S/c1-12(2)16-9-18(13(3)4)22(19(10-16)14(5)6)28(25,26)27-21-15(7)8-17(23)11-20(21)24/h8-14H,1-7H3. The molecule has 0 saturated heterocycles. The van der Waals surface area contributed by atoms with E-state index in [4.69, 9.17) is 4.18 Å². The molecule has 6 heteroatoms. The summed E-state index contributed by atoms with van der Waals surface area (Å²) in [7, 11) is -4.01. The van der Waals surface area contributed by atoms with Gasteiger partial charge in [0, 0.05) is 4.47 Å². The largest absolute Gasteiger partial charge is 0.377 e. The van der Waals surface area contributed by atoms with E-state index >= 15 is 0 Å². The van der Waals surface area contributed by atoms with Gasteiger partial charge in [0.2, 0.25) is 0 Å². The number of hydrogen-bond acceptors (Lipinski definition) is 3. The highest BCUT2D eigenvalue weighted by molar-refractivity contribution is 9.11. The highest BCUT2D eigenvalue weighted by Gasteiger charge is 2.29. The third kappa shape index (κ3) is 5.00. The van der Waals surface area contributed by atoms with Gasteiger partial charge in [0.05, 0.1) is 4.47 Å². The van der Waals surface area contributed by atoms with Crippen LogP contribution in [0.2, 0.25) is 0 Å². The van der Waals surface area contributed by atoms with Crippen LogP contribution in [-0.2, 0) is 10.1 Å². The van der Waals surface area contributed by atoms with E-state index in [9.17, 15) is 8.42 Å². The quantitative estimate of drug-likeness (QED) is 0.359. The van der Waals surface area contributed by atoms with Gasteiger partial charge in [0.1, 0.15) is 4.90 Å². The predicted molar refractivity (Wildman–Crippen MR) is 123 cm³/mol. The summed E-state index contributed by atoms with van der Waals surface area (Å²) in [6.45, 7) is 14.1. The first-order valence-electron chi connectivity index (χ1n) is 9.43. The molecule has 0 amide bonds. The molecule has 2 rings (SSSR count). The van der Waals surface area contributed by atoms with E-state index in [2.05, 4.69) is 45.7 Å². The molecular weight excluding hydrogens is 504 g/mol. The fraction of sp³-hybridized carbons (Fsp3) is 0.455. The van der Waals surface area contributed by atoms with Crippen molar-refractivity contribution in [3.05, 3.63) is 55.5 Å². The highest BCUT2D eigenvalue weighted by atomic mass is 79.9. The predicted octanol–water partition coefficient (Wildman–Crippen LogP) is 7.66. The first-order valence-corrected chi connectivity index (χ1v) is 12.4. The van der Waals surface area contributed by atoms with Crippen LogP contribution < -0.4 is 4.18 Å². The van der Waals surface area contributed by atoms with Crippen LogP contribution in [0.25, 0.3) is 0 Å². The number of aryl methyl sites for hydroxylation is 1. The first-order chi connectivity index (χ1) is 12.8. The SMILES string of the molecule is Cc1cc(Br)cc(Br)c1OS(=O)(=O)c1c(C(C)C)cc(C(C)C)cc1C(C)C. The molecule has 28 heavy (non-hydrogen) atoms. The summed E-state index contributed by atoms with van der Waals surface area (Å²) < 4.78 is 34.1. The summed E-state index contributed by atoms with van der Waals surface area (Å²) in [5, 5.41) is 0. The Morgan fingerprint density at radius 3 is 1.71 bits per heavy atom. The van der Waals surface area contributed by atoms with Gasteiger partial charge < -0.3 is 4.18 Å². The van der Waals surface area contributed by atoms with Gasteiger partial charge in [-0.1, -0.05) is 69.6 Å². The molecule has 0 bridgehead atoms. The van der Waals surface area contributed by atoms with Gasteiger partial charge >= 0.3 is 10.1 Å². The molecule has 3 nitrogen and oxygen atoms in total. The number of halogens is 2. The molecule has 0 aliphatic carbocycles. The lowest BCUT2D eigenvalue weighted by Gasteiger charge is -2.23. The lowest BCUT2D eigenvalue weighted by atomic mass is 9.89. The smallest absolute Gasteiger partial charge is 0.339 e. The summed E-state index contributed by atoms with van der Waals surface area (Å²) in [4.78, 5) is 0.302. The molecule has 0 unspecified atom stereocenters. The molecule has 0 saturated carbocycles. The van der Waals surface area contributed by atoms with E-state index in [-0.39, 0.29) is 11.8 Å². The van der Waals surface area contributed by atoms with Crippen molar-refractivity contribution >= 4 is 42.0 Å². The third-order valence-corrected chi connectivity index (χ3v) is 7.12. The van der Waals surface area contributed by atoms with Crippen LogP contribution in [0.3, 0.4) is 0 Å². The Balaban J connectivity index is 2.74. The Bertz CT molecular complexity index is 925. The molecule has 0 fully saturated rings. The Hall–Kier alpha value is -0.850. The monoisotopic (exact) mass is 530 g/mol. The van der Waals surface area contributed by atoms with Crippen molar-refractivity contribution in [3.63, 3.8) is 0 Å². The van der Waals surface area contributed by atoms with Crippen molar-refractivity contribution < 1.29 is 12.6 Å². The van der Waals surface area contributed by atoms with Crippen LogP contribution in [-0.4, -0.2) is 8.42 Å². The Morgan fingerprint density at radius 1 is 0.821 bits per heavy atom. The third-order valence-electron chi connectivity index (χ3n) is 4.72. The van der Waals surface area contributed by atoms with Gasteiger partial charge in [-0.05, 0) is 75.0 Å². The molecule has 0 radical (unpaired) electrons. The second-order valence-electron chi connectivity index (χ2n) is 8.06. The van der Waals surface area contributed by atoms with E-state index in [0.29, 0.717) is 21.0 Å². The minimum atomic E-state index is -4.01. The molecule has 0 aliphatic rings. The maximum Gasteiger partial charge on any atom is 0.339 e. The van der Waals surface area contributed by atoms with Crippen molar-refractivity contribution in [2.24, 2.45) is 0 Å². The van der Waals surface area contributed by atoms with Crippen LogP contribution in [0, 0.1) is 6.92 Å². The van der Waals surface area contributed by atoms with Gasteiger partial charge in [-0.2, -0.15) is 8.42 Å². The van der Waals surface area contributed by atoms with E-state index in [1.807, 2.05) is 52.8 Å². The normalized spacial score (nSPS) is 12.3. The van der Waals surface area contributed by atoms with Gasteiger partial charge in [-0.15, -0.1) is 0 Å². The molecule has 0 aliphatic heterocycles. The lowest BCUT2D eigenvalue weighted by molar-refractivity contribution is 0.479. The molecule has 154 valence electrons. The zero-order valence-electron chi connectivity index (χ0n) is 17.4. The minimum Gasteiger partial charge on any atom is -0.377 e. The number of benzene rings is 2. The summed E-state index contributed by atoms with van der Waals surface area (Å²) in [6, 6.07) is 7.65. The van der Waals surface area contributed by atoms with Crippen molar-refractivity contribution in [1.82, 2.24) is 0 Å². The average Bonchev–Trinajstić information content (AvgIpc) is 2.56. The van der Waals surface area contributed by atoms with E-state index in [0.717, 1.165) is 26.7 Å². The van der Waals surface area contributed by atoms with Crippen LogP contribution in [0.1, 0.15) is 81.5 Å². The van der Waals surface area contributed by atoms with Crippen LogP contribution in [0.15, 0.2) is 38.1 Å². The maximum atomic E-state index is 13.5. The fourth-order valence-electron chi connectivity index (χ4n) is 3.12. The van der Waals surface area contributed by atoms with E-state index in [1.165, 1.54) is 0 Å². The summed E-state index contributed by atoms with van der Waals surface area (Å²) in [5.41, 5.74) is 3.50. The van der Waals surface area contributed by atoms with E-state index in [1.54, 1.807) is 6.07 Å². The molecule has 0 heterocycles. The van der Waals surface area contributed by atoms with Gasteiger partial charge in [0.15, 0.2) is 5.75 Å². The van der Waals surface area contributed by atoms with Gasteiger partial charge in [0.25, 0.3) is 0 Å². The van der Waals surface area contributed by atoms with Crippen molar-refractivity contribution in [1.29, 1.82) is 0 Å². The molecular formula is C22H28Br2O3S. The number of rotatable bonds is 6. The van der Waals surface area contributed by atoms with E-state index < -0.39 is 10.1 Å². The molecule has 0 aromatic heterocycles. The zero-order chi connectivity index (χ0) is 21.4. The van der Waals surface area contributed by atoms with Crippen LogP contribution in [0.4, 0.5) is 0 Å². The molecule has 0 N–H and O–H groups in total. The first kappa shape index (κ1) is 23.4. The van der Waals surface area contributed by atoms with Gasteiger partial charge in [-0.3, -0.25) is 0 Å². The Morgan fingerprint density at radius 2 is 1.32 bits per heavy atom. The second-order valence-corrected chi connectivity index (χ2v) is 11.3. The molecule has 2 aromatic carbocycles. The Labute approximate surface area is 186 Å². The van der Waals surface area contributed by atoms with Crippen LogP contribution in [0.5, 0.6) is 5.75 Å². The molecule has 0 spiro atoms. The van der Waals surface area contributed by atoms with Gasteiger partial charge in [-0.25, -0.2) is 0 Å². The van der Waals surface area contributed by atoms with Crippen molar-refractivity contribution in [2.75, 3.05) is 0 Å². The van der Waals surface area contributed by atoms with Crippen molar-refractivity contribution in [3.8, 4) is 5.75 Å². The second kappa shape index (κ2) is 8.88. The highest BCUT2D eigenvalue weighted by Crippen LogP contribution is 2.39. The molecule has 0 atom stereocenters. The van der Waals surface area contributed by atoms with Crippen LogP contribution >= 0.6 is 31.9 Å². The lowest BCUT2D eigenvalue weighted by Crippen LogP contribution is -2.18. The maximum absolute atomic E-state index is 13.5. The zero-order valence-corrected chi connectivity index (χ0v) is 21.4. The Kier molecular flexibility index (Phi) is 7.43. The number of hydrogen-bond donors (Lipinski definition) is 0. The molecule has 2 aromatic rings. The average molecular weight is 532 g/mol. The topological polar surface area (TPSA) is 43.4 Å². The fourth-order valence-corrected chi connectivity index (χ4v) is 6.44. The summed E-state index contributed by atoms with van der Waals surface area (Å²) in [5.74, 6) is 0.745. The summed E-state index contributed by atoms with van der Waals surface area (Å²) >= 11 is 6.85. The minimum absolute atomic E-state index is 0.0547.